The number of carbonyl (C=O) groups excluding carboxylic acids is 1. The first kappa shape index (κ1) is 18.5. The topological polar surface area (TPSA) is 97.3 Å². The van der Waals surface area contributed by atoms with Gasteiger partial charge in [-0.25, -0.2) is 19.6 Å². The third-order valence-electron chi connectivity index (χ3n) is 5.11. The van der Waals surface area contributed by atoms with Gasteiger partial charge in [-0.15, -0.1) is 0 Å². The smallest absolute Gasteiger partial charge is 0.340 e. The first-order chi connectivity index (χ1) is 13.8. The lowest BCUT2D eigenvalue weighted by Crippen LogP contribution is -2.38. The predicted molar refractivity (Wildman–Crippen MR) is 108 cm³/mol. The van der Waals surface area contributed by atoms with Gasteiger partial charge in [0.15, 0.2) is 6.20 Å². The molecule has 0 atom stereocenters. The quantitative estimate of drug-likeness (QED) is 0.481. The number of pyridine rings is 2. The Morgan fingerprint density at radius 2 is 1.90 bits per heavy atom. The average molecular weight is 391 g/mol. The lowest BCUT2D eigenvalue weighted by atomic mass is 9.94. The van der Waals surface area contributed by atoms with E-state index in [9.17, 15) is 14.4 Å². The molecule has 0 aliphatic rings. The number of fused-ring (bicyclic) bond motifs is 2. The second-order valence-electron chi connectivity index (χ2n) is 6.82. The minimum atomic E-state index is -0.595. The molecule has 1 N–H and O–H groups in total. The maximum absolute atomic E-state index is 13.1. The van der Waals surface area contributed by atoms with E-state index in [1.807, 2.05) is 36.5 Å². The van der Waals surface area contributed by atoms with Crippen LogP contribution in [-0.2, 0) is 18.8 Å². The summed E-state index contributed by atoms with van der Waals surface area (Å²) in [6.07, 6.45) is 1.82. The summed E-state index contributed by atoms with van der Waals surface area (Å²) in [7, 11) is 4.23. The number of nitrogens with zero attached hydrogens (tertiary/aromatic N) is 3. The van der Waals surface area contributed by atoms with E-state index in [0.717, 1.165) is 15.5 Å². The van der Waals surface area contributed by atoms with Gasteiger partial charge in [-0.2, -0.15) is 0 Å². The highest BCUT2D eigenvalue weighted by Crippen LogP contribution is 2.32. The maximum Gasteiger partial charge on any atom is 0.340 e. The van der Waals surface area contributed by atoms with Crippen molar-refractivity contribution in [1.82, 2.24) is 14.1 Å². The van der Waals surface area contributed by atoms with Crippen LogP contribution in [0.3, 0.4) is 0 Å². The Balaban J connectivity index is 2.27. The second-order valence-corrected chi connectivity index (χ2v) is 6.82. The van der Waals surface area contributed by atoms with Gasteiger partial charge in [0.1, 0.15) is 5.65 Å². The molecule has 3 heterocycles. The van der Waals surface area contributed by atoms with Crippen molar-refractivity contribution < 1.29 is 14.5 Å². The molecule has 0 amide bonds. The van der Waals surface area contributed by atoms with Gasteiger partial charge < -0.3 is 4.74 Å². The van der Waals surface area contributed by atoms with Crippen molar-refractivity contribution in [3.05, 3.63) is 68.6 Å². The number of hydrogen-bond donors (Lipinski definition) is 0. The summed E-state index contributed by atoms with van der Waals surface area (Å²) in [6, 6.07) is 9.38. The molecule has 8 nitrogen and oxygen atoms in total. The number of rotatable bonds is 2. The van der Waals surface area contributed by atoms with Crippen LogP contribution >= 0.6 is 0 Å². The normalized spacial score (nSPS) is 11.2. The predicted octanol–water partition coefficient (Wildman–Crippen LogP) is 1.36. The Bertz CT molecular complexity index is 1430. The number of ether oxygens (including phenoxy) is 1. The van der Waals surface area contributed by atoms with Crippen molar-refractivity contribution in [3.8, 4) is 11.1 Å². The molecule has 3 aromatic heterocycles. The standard InChI is InChI=1S/C21H18N4O4/c1-11-15(20(27)29-4)16(13-7-8-14-12(10-13)6-5-9-22-14)17-18(23-11)24(2)21(28)25(3)19(17)26/h5-10H,1-4H3/p+1. The summed E-state index contributed by atoms with van der Waals surface area (Å²) >= 11 is 0. The number of aromatic nitrogens is 4. The number of benzene rings is 1. The van der Waals surface area contributed by atoms with E-state index in [1.165, 1.54) is 18.7 Å². The Morgan fingerprint density at radius 3 is 2.62 bits per heavy atom. The number of hydrogen-bond acceptors (Lipinski definition) is 5. The van der Waals surface area contributed by atoms with Crippen LogP contribution in [0.25, 0.3) is 33.1 Å². The largest absolute Gasteiger partial charge is 0.465 e. The fourth-order valence-corrected chi connectivity index (χ4v) is 3.62. The van der Waals surface area contributed by atoms with Gasteiger partial charge in [-0.1, -0.05) is 0 Å². The molecule has 0 saturated carbocycles. The fourth-order valence-electron chi connectivity index (χ4n) is 3.62. The average Bonchev–Trinajstić information content (AvgIpc) is 2.74. The SMILES string of the molecule is COC(=O)c1c(C)nc2c(c1-c1ccc3[nH+]cccc3c1)c(=O)n(C)c(=O)n2C. The van der Waals surface area contributed by atoms with E-state index < -0.39 is 17.2 Å². The first-order valence-corrected chi connectivity index (χ1v) is 8.94. The summed E-state index contributed by atoms with van der Waals surface area (Å²) in [5.74, 6) is -0.595. The van der Waals surface area contributed by atoms with Crippen LogP contribution in [0.1, 0.15) is 16.1 Å². The van der Waals surface area contributed by atoms with Crippen LogP contribution in [0.4, 0.5) is 0 Å². The molecule has 0 radical (unpaired) electrons. The van der Waals surface area contributed by atoms with Gasteiger partial charge in [0.05, 0.1) is 23.8 Å². The van der Waals surface area contributed by atoms with Gasteiger partial charge in [0, 0.05) is 37.2 Å². The minimum Gasteiger partial charge on any atom is -0.465 e. The highest BCUT2D eigenvalue weighted by molar-refractivity contribution is 6.07. The second kappa shape index (κ2) is 6.66. The highest BCUT2D eigenvalue weighted by atomic mass is 16.5. The van der Waals surface area contributed by atoms with Crippen LogP contribution in [0.2, 0.25) is 0 Å². The molecule has 4 aromatic rings. The van der Waals surface area contributed by atoms with E-state index in [2.05, 4.69) is 9.97 Å². The maximum atomic E-state index is 13.1. The van der Waals surface area contributed by atoms with Crippen LogP contribution in [0.15, 0.2) is 46.1 Å². The Morgan fingerprint density at radius 1 is 1.14 bits per heavy atom. The molecule has 0 bridgehead atoms. The zero-order valence-electron chi connectivity index (χ0n) is 16.4. The summed E-state index contributed by atoms with van der Waals surface area (Å²) in [5.41, 5.74) is 1.77. The van der Waals surface area contributed by atoms with Crippen molar-refractivity contribution in [1.29, 1.82) is 0 Å². The van der Waals surface area contributed by atoms with E-state index >= 15 is 0 Å². The van der Waals surface area contributed by atoms with E-state index in [4.69, 9.17) is 4.74 Å². The molecule has 8 heteroatoms. The van der Waals surface area contributed by atoms with Crippen LogP contribution in [-0.4, -0.2) is 27.2 Å². The molecule has 29 heavy (non-hydrogen) atoms. The highest BCUT2D eigenvalue weighted by Gasteiger charge is 2.25. The Hall–Kier alpha value is -3.81. The van der Waals surface area contributed by atoms with Gasteiger partial charge >= 0.3 is 11.7 Å². The Labute approximate surface area is 165 Å². The molecule has 0 aliphatic carbocycles. The van der Waals surface area contributed by atoms with Crippen molar-refractivity contribution in [2.75, 3.05) is 7.11 Å². The molecule has 0 saturated heterocycles. The molecular formula is C21H19N4O4+. The van der Waals surface area contributed by atoms with Gasteiger partial charge in [0.25, 0.3) is 5.56 Å². The van der Waals surface area contributed by atoms with E-state index in [0.29, 0.717) is 16.8 Å². The Kier molecular flexibility index (Phi) is 4.26. The lowest BCUT2D eigenvalue weighted by molar-refractivity contribution is -0.344. The number of aryl methyl sites for hydroxylation is 2. The number of nitrogens with one attached hydrogen (secondary N) is 1. The summed E-state index contributed by atoms with van der Waals surface area (Å²) in [6.45, 7) is 1.66. The van der Waals surface area contributed by atoms with Gasteiger partial charge in [0.2, 0.25) is 5.52 Å². The van der Waals surface area contributed by atoms with E-state index in [-0.39, 0.29) is 16.6 Å². The van der Waals surface area contributed by atoms with Crippen molar-refractivity contribution >= 4 is 27.9 Å². The number of carbonyl (C=O) groups is 1. The molecular weight excluding hydrogens is 372 g/mol. The molecule has 0 unspecified atom stereocenters. The third kappa shape index (κ3) is 2.72. The lowest BCUT2D eigenvalue weighted by Gasteiger charge is -2.16. The first-order valence-electron chi connectivity index (χ1n) is 8.94. The molecule has 0 aliphatic heterocycles. The molecule has 4 rings (SSSR count). The minimum absolute atomic E-state index is 0.194. The molecule has 0 fully saturated rings. The summed E-state index contributed by atoms with van der Waals surface area (Å²) < 4.78 is 7.30. The monoisotopic (exact) mass is 391 g/mol. The van der Waals surface area contributed by atoms with Crippen LogP contribution < -0.4 is 16.2 Å². The molecule has 0 spiro atoms. The van der Waals surface area contributed by atoms with Crippen molar-refractivity contribution in [2.24, 2.45) is 14.1 Å². The summed E-state index contributed by atoms with van der Waals surface area (Å²) in [4.78, 5) is 45.7. The molecule has 1 aromatic carbocycles. The van der Waals surface area contributed by atoms with Crippen LogP contribution in [0, 0.1) is 6.92 Å². The van der Waals surface area contributed by atoms with Gasteiger partial charge in [-0.05, 0) is 30.7 Å². The number of H-pyrrole nitrogens is 1. The third-order valence-corrected chi connectivity index (χ3v) is 5.11. The fraction of sp³-hybridized carbons (Fsp3) is 0.190. The van der Waals surface area contributed by atoms with E-state index in [1.54, 1.807) is 14.0 Å². The number of aromatic amines is 1. The summed E-state index contributed by atoms with van der Waals surface area (Å²) in [5, 5.41) is 1.10. The van der Waals surface area contributed by atoms with Crippen molar-refractivity contribution in [2.45, 2.75) is 6.92 Å². The van der Waals surface area contributed by atoms with Gasteiger partial charge in [-0.3, -0.25) is 13.9 Å². The van der Waals surface area contributed by atoms with Crippen molar-refractivity contribution in [3.63, 3.8) is 0 Å². The molecule has 146 valence electrons. The zero-order valence-corrected chi connectivity index (χ0v) is 16.4. The zero-order chi connectivity index (χ0) is 20.9. The van der Waals surface area contributed by atoms with Crippen LogP contribution in [0.5, 0.6) is 0 Å². The number of methoxy groups -OCH3 is 1. The number of esters is 1.